The predicted octanol–water partition coefficient (Wildman–Crippen LogP) is 18.8. The first-order valence-corrected chi connectivity index (χ1v) is 52.3. The molecule has 3 unspecified atom stereocenters. The second-order valence-electron chi connectivity index (χ2n) is 41.8. The number of aryl methyl sites for hydroxylation is 3. The van der Waals surface area contributed by atoms with E-state index < -0.39 is 17.8 Å². The van der Waals surface area contributed by atoms with Crippen molar-refractivity contribution in [3.63, 3.8) is 0 Å². The van der Waals surface area contributed by atoms with Crippen LogP contribution in [0.3, 0.4) is 0 Å². The van der Waals surface area contributed by atoms with Crippen molar-refractivity contribution in [1.82, 2.24) is 59.1 Å². The van der Waals surface area contributed by atoms with E-state index in [4.69, 9.17) is 32.2 Å². The fourth-order valence-electron chi connectivity index (χ4n) is 24.5. The molecule has 4 saturated heterocycles. The molecule has 3 saturated carbocycles. The van der Waals surface area contributed by atoms with Gasteiger partial charge in [-0.3, -0.25) is 63.6 Å². The number of pyridine rings is 3. The Hall–Kier alpha value is -6.78. The van der Waals surface area contributed by atoms with Gasteiger partial charge in [-0.15, -0.1) is 0 Å². The lowest BCUT2D eigenvalue weighted by Gasteiger charge is -2.48. The number of hydrogen-bond donors (Lipinski definition) is 3. The van der Waals surface area contributed by atoms with Crippen LogP contribution in [0.1, 0.15) is 292 Å². The van der Waals surface area contributed by atoms with E-state index in [1.807, 2.05) is 61.1 Å². The monoisotopic (exact) mass is 1850 g/mol. The minimum Gasteiger partial charge on any atom is -0.330 e. The molecule has 134 heavy (non-hydrogen) atoms. The van der Waals surface area contributed by atoms with Gasteiger partial charge in [-0.2, -0.15) is 0 Å². The molecule has 18 nitrogen and oxygen atoms in total. The molecule has 24 heteroatoms. The molecule has 3 aromatic heterocycles. The number of halogens is 6. The largest absolute Gasteiger partial charge is 0.330 e. The van der Waals surface area contributed by atoms with Crippen molar-refractivity contribution in [2.45, 2.75) is 309 Å². The Kier molecular flexibility index (Phi) is 39.1. The molecule has 7 heterocycles. The Morgan fingerprint density at radius 1 is 0.388 bits per heavy atom. The number of fused-ring (bicyclic) bond motifs is 5. The van der Waals surface area contributed by atoms with Crippen LogP contribution in [-0.4, -0.2) is 270 Å². The van der Waals surface area contributed by atoms with Crippen molar-refractivity contribution in [1.29, 1.82) is 0 Å². The van der Waals surface area contributed by atoms with Crippen LogP contribution in [0.2, 0.25) is 0 Å². The standard InChI is InChI=1S/C38H55F2N5O.2C36H53F2N5O/c1-43-26-32-14-15-33(35(43)27-44(23-6-5-21-41)34-13-7-11-30-12-8-22-42-37(30)34)45(32)24-18-31(28-9-3-2-4-10-28)25-36(46)29-16-19-38(39,40)20-17-29;2*1-41-23-24-42(22-16-31(28-9-3-2-4-10-28)25-34(44)29-14-17-36(37,38)18-15-29)26-32(41)27-43(21-6-5-19-39)33-13-7-11-30-12-8-20-40-35(30)33/h2-4,8-10,12,22,29,31-35H,5-7,11,13-21,23-27,41H2,1H3;2*2-4,8-10,12,20,29,31-33H,5-7,11,13-19,21-27,39H2,1H3/t31-,32-,33+,34?,35+;31-,32+,33?;31-,32-,33?/m011/s1. The number of rotatable bonds is 42. The van der Waals surface area contributed by atoms with Crippen LogP contribution in [0, 0.1) is 17.8 Å². The molecule has 736 valence electrons. The first-order chi connectivity index (χ1) is 65.0. The number of unbranched alkanes of at least 4 members (excludes halogenated alkanes) is 3. The lowest BCUT2D eigenvalue weighted by Crippen LogP contribution is -2.61. The predicted molar refractivity (Wildman–Crippen MR) is 526 cm³/mol. The van der Waals surface area contributed by atoms with Crippen LogP contribution in [0.15, 0.2) is 146 Å². The summed E-state index contributed by atoms with van der Waals surface area (Å²) < 4.78 is 82.7. The molecule has 10 aliphatic rings. The van der Waals surface area contributed by atoms with Gasteiger partial charge in [0, 0.05) is 190 Å². The summed E-state index contributed by atoms with van der Waals surface area (Å²) in [6, 6.07) is 47.4. The van der Waals surface area contributed by atoms with E-state index in [2.05, 4.69) is 150 Å². The van der Waals surface area contributed by atoms with E-state index in [1.165, 1.54) is 82.6 Å². The Balaban J connectivity index is 0.000000161. The summed E-state index contributed by atoms with van der Waals surface area (Å²) in [5.74, 6) is -7.64. The van der Waals surface area contributed by atoms with Gasteiger partial charge < -0.3 is 27.0 Å². The number of alkyl halides is 6. The number of benzene rings is 3. The lowest BCUT2D eigenvalue weighted by molar-refractivity contribution is -0.128. The maximum Gasteiger partial charge on any atom is 0.248 e. The number of Topliss-reactive ketones (excluding diaryl/α,β-unsaturated/α-hetero) is 3. The van der Waals surface area contributed by atoms with Crippen molar-refractivity contribution in [3.8, 4) is 0 Å². The molecule has 2 bridgehead atoms. The highest BCUT2D eigenvalue weighted by Gasteiger charge is 2.48. The molecular formula is C110H161F6N15O3. The molecule has 0 amide bonds. The van der Waals surface area contributed by atoms with E-state index in [-0.39, 0.29) is 91.4 Å². The van der Waals surface area contributed by atoms with Crippen LogP contribution in [0.25, 0.3) is 0 Å². The maximum absolute atomic E-state index is 13.8. The van der Waals surface area contributed by atoms with Gasteiger partial charge in [-0.05, 0) is 316 Å². The molecular weight excluding hydrogens is 1690 g/mol. The molecule has 6 aromatic rings. The Bertz CT molecular complexity index is 4310. The molecule has 11 atom stereocenters. The highest BCUT2D eigenvalue weighted by molar-refractivity contribution is 5.83. The van der Waals surface area contributed by atoms with Crippen molar-refractivity contribution < 1.29 is 40.7 Å². The van der Waals surface area contributed by atoms with Crippen LogP contribution in [-0.2, 0) is 33.6 Å². The fraction of sp³-hybridized carbons (Fsp3) is 0.673. The summed E-state index contributed by atoms with van der Waals surface area (Å²) in [5, 5.41) is 0. The number of hydrogen-bond acceptors (Lipinski definition) is 18. The molecule has 6 N–H and O–H groups in total. The molecule has 4 aliphatic heterocycles. The van der Waals surface area contributed by atoms with Crippen LogP contribution in [0.5, 0.6) is 0 Å². The average Bonchev–Trinajstić information content (AvgIpc) is 1.58. The zero-order valence-corrected chi connectivity index (χ0v) is 81.2. The van der Waals surface area contributed by atoms with Gasteiger partial charge in [0.25, 0.3) is 0 Å². The quantitative estimate of drug-likeness (QED) is 0.0241. The number of nitrogens with zero attached hydrogens (tertiary/aromatic N) is 12. The van der Waals surface area contributed by atoms with Gasteiger partial charge in [0.15, 0.2) is 0 Å². The second kappa shape index (κ2) is 50.9. The van der Waals surface area contributed by atoms with Gasteiger partial charge in [-0.25, -0.2) is 26.3 Å². The third-order valence-electron chi connectivity index (χ3n) is 32.7. The molecule has 7 fully saturated rings. The van der Waals surface area contributed by atoms with E-state index in [9.17, 15) is 40.7 Å². The lowest BCUT2D eigenvalue weighted by atomic mass is 9.79. The van der Waals surface area contributed by atoms with E-state index in [1.54, 1.807) is 0 Å². The number of aromatic nitrogens is 3. The van der Waals surface area contributed by atoms with Crippen molar-refractivity contribution in [3.05, 3.63) is 196 Å². The number of nitrogens with two attached hydrogens (primary N) is 3. The minimum atomic E-state index is -2.61. The zero-order valence-electron chi connectivity index (χ0n) is 81.2. The summed E-state index contributed by atoms with van der Waals surface area (Å²) in [4.78, 5) is 78.4. The Labute approximate surface area is 798 Å². The van der Waals surface area contributed by atoms with Crippen molar-refractivity contribution in [2.24, 2.45) is 35.0 Å². The maximum atomic E-state index is 13.8. The first-order valence-electron chi connectivity index (χ1n) is 52.3. The Morgan fingerprint density at radius 2 is 0.724 bits per heavy atom. The third-order valence-corrected chi connectivity index (χ3v) is 32.7. The summed E-state index contributed by atoms with van der Waals surface area (Å²) in [6.45, 7) is 18.3. The first kappa shape index (κ1) is 103. The highest BCUT2D eigenvalue weighted by Crippen LogP contribution is 2.46. The van der Waals surface area contributed by atoms with E-state index in [0.29, 0.717) is 106 Å². The molecule has 16 rings (SSSR count). The van der Waals surface area contributed by atoms with E-state index in [0.717, 1.165) is 221 Å². The minimum absolute atomic E-state index is 0.113. The summed E-state index contributed by atoms with van der Waals surface area (Å²) >= 11 is 0. The average molecular weight is 1860 g/mol. The van der Waals surface area contributed by atoms with Gasteiger partial charge in [0.2, 0.25) is 17.8 Å². The van der Waals surface area contributed by atoms with Crippen molar-refractivity contribution >= 4 is 17.3 Å². The number of piperazine rings is 3. The molecule has 0 spiro atoms. The number of likely N-dealkylation sites (tertiary alicyclic amines) is 1. The SMILES string of the molecule is CN1CCN(CC[C@H](CC(=O)C2CCC(F)(F)CC2)c2ccccc2)C[C@@H]1CN(CCCCN)C1CCCc2cccnc21.CN1CCN(CC[C@H](CC(=O)C2CCC(F)(F)CC2)c2ccccc2)C[C@H]1CN(CCCCN)C1CCCc2cccnc21.CN1C[C@@H]2CC[C@H]([C@H]1CN(CCCCN)C1CCCc3cccnc31)N2CC[C@@H](CC(=O)C1CCC(F)(F)CC1)c1ccccc1. The summed E-state index contributed by atoms with van der Waals surface area (Å²) in [7, 11) is 6.83. The zero-order chi connectivity index (χ0) is 94.0. The number of ketones is 3. The number of likely N-dealkylation sites (N-methyl/N-ethyl adjacent to an activating group) is 3. The van der Waals surface area contributed by atoms with Gasteiger partial charge >= 0.3 is 0 Å². The Morgan fingerprint density at radius 3 is 1.07 bits per heavy atom. The fourth-order valence-corrected chi connectivity index (χ4v) is 24.5. The molecule has 3 aromatic carbocycles. The number of carbonyl (C=O) groups excluding carboxylic acids is 3. The van der Waals surface area contributed by atoms with Crippen molar-refractivity contribution in [2.75, 3.05) is 145 Å². The molecule has 6 aliphatic carbocycles. The molecule has 0 radical (unpaired) electrons. The summed E-state index contributed by atoms with van der Waals surface area (Å²) in [6.07, 6.45) is 30.1. The highest BCUT2D eigenvalue weighted by atomic mass is 19.3. The van der Waals surface area contributed by atoms with Gasteiger partial charge in [0.05, 0.1) is 35.2 Å². The summed E-state index contributed by atoms with van der Waals surface area (Å²) in [5.41, 5.74) is 29.3. The van der Waals surface area contributed by atoms with Crippen LogP contribution in [0.4, 0.5) is 26.3 Å². The van der Waals surface area contributed by atoms with Crippen LogP contribution < -0.4 is 17.2 Å². The van der Waals surface area contributed by atoms with Crippen LogP contribution >= 0.6 is 0 Å². The number of carbonyl (C=O) groups is 3. The van der Waals surface area contributed by atoms with Gasteiger partial charge in [-0.1, -0.05) is 109 Å². The van der Waals surface area contributed by atoms with E-state index >= 15 is 0 Å². The second-order valence-corrected chi connectivity index (χ2v) is 41.8. The third kappa shape index (κ3) is 29.2. The van der Waals surface area contributed by atoms with Gasteiger partial charge in [0.1, 0.15) is 17.3 Å². The normalized spacial score (nSPS) is 25.1. The smallest absolute Gasteiger partial charge is 0.248 e. The topological polar surface area (TPSA) is 197 Å².